The van der Waals surface area contributed by atoms with Crippen LogP contribution in [0.4, 0.5) is 5.82 Å². The summed E-state index contributed by atoms with van der Waals surface area (Å²) in [5.74, 6) is -0.259. The van der Waals surface area contributed by atoms with E-state index in [1.807, 2.05) is 6.07 Å². The molecule has 2 amide bonds. The lowest BCUT2D eigenvalue weighted by molar-refractivity contribution is -0.129. The maximum atomic E-state index is 11.7. The van der Waals surface area contributed by atoms with Crippen LogP contribution in [0.1, 0.15) is 24.8 Å². The second-order valence-electron chi connectivity index (χ2n) is 3.59. The Morgan fingerprint density at radius 1 is 1.38 bits per heavy atom. The molecule has 0 unspecified atom stereocenters. The predicted octanol–water partition coefficient (Wildman–Crippen LogP) is 0.335. The van der Waals surface area contributed by atoms with Crippen LogP contribution < -0.4 is 4.90 Å². The molecule has 2 heterocycles. The van der Waals surface area contributed by atoms with Crippen molar-refractivity contribution < 1.29 is 9.59 Å². The van der Waals surface area contributed by atoms with Crippen LogP contribution in [0.15, 0.2) is 6.20 Å². The van der Waals surface area contributed by atoms with Gasteiger partial charge in [0.05, 0.1) is 6.20 Å². The Balaban J connectivity index is 2.50. The van der Waals surface area contributed by atoms with Crippen molar-refractivity contribution in [3.05, 3.63) is 11.8 Å². The monoisotopic (exact) mass is 218 g/mol. The molecule has 1 fully saturated rings. The van der Waals surface area contributed by atoms with Crippen molar-refractivity contribution in [2.24, 2.45) is 7.05 Å². The summed E-state index contributed by atoms with van der Waals surface area (Å²) < 4.78 is 1.37. The van der Waals surface area contributed by atoms with Crippen LogP contribution >= 0.6 is 0 Å². The first-order valence-electron chi connectivity index (χ1n) is 4.93. The van der Waals surface area contributed by atoms with E-state index in [9.17, 15) is 9.59 Å². The van der Waals surface area contributed by atoms with E-state index in [1.165, 1.54) is 10.9 Å². The Bertz CT molecular complexity index is 481. The third-order valence-electron chi connectivity index (χ3n) is 2.52. The van der Waals surface area contributed by atoms with Gasteiger partial charge in [-0.3, -0.25) is 14.3 Å². The largest absolute Gasteiger partial charge is 0.274 e. The maximum Gasteiger partial charge on any atom is 0.235 e. The summed E-state index contributed by atoms with van der Waals surface area (Å²) in [6, 6.07) is 1.93. The summed E-state index contributed by atoms with van der Waals surface area (Å²) >= 11 is 0. The third-order valence-corrected chi connectivity index (χ3v) is 2.52. The van der Waals surface area contributed by atoms with Crippen LogP contribution in [0.3, 0.4) is 0 Å². The number of imide groups is 1. The Morgan fingerprint density at radius 3 is 2.56 bits per heavy atom. The van der Waals surface area contributed by atoms with Crippen molar-refractivity contribution in [1.29, 1.82) is 5.26 Å². The molecule has 0 atom stereocenters. The maximum absolute atomic E-state index is 11.7. The summed E-state index contributed by atoms with van der Waals surface area (Å²) in [7, 11) is 1.60. The normalized spacial score (nSPS) is 16.4. The number of rotatable bonds is 1. The zero-order chi connectivity index (χ0) is 11.7. The summed E-state index contributed by atoms with van der Waals surface area (Å²) in [5, 5.41) is 12.8. The summed E-state index contributed by atoms with van der Waals surface area (Å²) in [4.78, 5) is 24.4. The lowest BCUT2D eigenvalue weighted by atomic mass is 10.1. The number of anilines is 1. The van der Waals surface area contributed by atoms with Gasteiger partial charge < -0.3 is 0 Å². The average Bonchev–Trinajstić information content (AvgIpc) is 2.60. The number of carbonyl (C=O) groups is 2. The average molecular weight is 218 g/mol. The predicted molar refractivity (Wildman–Crippen MR) is 54.3 cm³/mol. The Hall–Kier alpha value is -2.16. The zero-order valence-corrected chi connectivity index (χ0v) is 8.80. The molecule has 1 aliphatic heterocycles. The van der Waals surface area contributed by atoms with Crippen molar-refractivity contribution in [3.63, 3.8) is 0 Å². The van der Waals surface area contributed by atoms with Gasteiger partial charge in [0.1, 0.15) is 11.6 Å². The number of aromatic nitrogens is 2. The molecular formula is C10H10N4O2. The number of hydrogen-bond donors (Lipinski definition) is 0. The van der Waals surface area contributed by atoms with Gasteiger partial charge in [0.2, 0.25) is 11.8 Å². The fourth-order valence-electron chi connectivity index (χ4n) is 1.76. The third kappa shape index (κ3) is 1.46. The van der Waals surface area contributed by atoms with Gasteiger partial charge in [-0.15, -0.1) is 0 Å². The molecule has 0 saturated carbocycles. The topological polar surface area (TPSA) is 79.0 Å². The van der Waals surface area contributed by atoms with E-state index in [2.05, 4.69) is 5.10 Å². The smallest absolute Gasteiger partial charge is 0.235 e. The van der Waals surface area contributed by atoms with Gasteiger partial charge in [0, 0.05) is 19.9 Å². The van der Waals surface area contributed by atoms with E-state index in [-0.39, 0.29) is 23.2 Å². The molecule has 6 heteroatoms. The second-order valence-corrected chi connectivity index (χ2v) is 3.59. The summed E-state index contributed by atoms with van der Waals surface area (Å²) in [6.07, 6.45) is 2.60. The molecular weight excluding hydrogens is 208 g/mol. The van der Waals surface area contributed by atoms with Gasteiger partial charge in [-0.05, 0) is 6.42 Å². The standard InChI is InChI=1S/C10H10N4O2/c1-13-10(7(5-11)6-12-13)14-8(15)3-2-4-9(14)16/h6H,2-4H2,1H3. The minimum absolute atomic E-state index is 0.242. The van der Waals surface area contributed by atoms with Crippen molar-refractivity contribution >= 4 is 17.6 Å². The number of nitrogens with zero attached hydrogens (tertiary/aromatic N) is 4. The van der Waals surface area contributed by atoms with Gasteiger partial charge >= 0.3 is 0 Å². The highest BCUT2D eigenvalue weighted by molar-refractivity contribution is 6.16. The fraction of sp³-hybridized carbons (Fsp3) is 0.400. The van der Waals surface area contributed by atoms with E-state index >= 15 is 0 Å². The van der Waals surface area contributed by atoms with Gasteiger partial charge in [0.15, 0.2) is 5.82 Å². The van der Waals surface area contributed by atoms with Gasteiger partial charge in [-0.1, -0.05) is 0 Å². The number of amides is 2. The molecule has 1 aromatic rings. The molecule has 0 N–H and O–H groups in total. The zero-order valence-electron chi connectivity index (χ0n) is 8.80. The molecule has 0 bridgehead atoms. The van der Waals surface area contributed by atoms with Crippen LogP contribution in [0, 0.1) is 11.3 Å². The quantitative estimate of drug-likeness (QED) is 0.636. The number of aryl methyl sites for hydroxylation is 1. The van der Waals surface area contributed by atoms with E-state index in [0.29, 0.717) is 19.3 Å². The molecule has 0 aliphatic carbocycles. The molecule has 0 spiro atoms. The summed E-state index contributed by atoms with van der Waals surface area (Å²) in [6.45, 7) is 0. The van der Waals surface area contributed by atoms with Crippen LogP contribution in [0.5, 0.6) is 0 Å². The lowest BCUT2D eigenvalue weighted by Gasteiger charge is -2.24. The molecule has 1 saturated heterocycles. The highest BCUT2D eigenvalue weighted by Crippen LogP contribution is 2.24. The second kappa shape index (κ2) is 3.77. The first-order valence-corrected chi connectivity index (χ1v) is 4.93. The first kappa shape index (κ1) is 10.4. The molecule has 1 aliphatic rings. The summed E-state index contributed by atoms with van der Waals surface area (Å²) in [5.41, 5.74) is 0.242. The Labute approximate surface area is 92.1 Å². The van der Waals surface area contributed by atoms with Crippen molar-refractivity contribution in [2.45, 2.75) is 19.3 Å². The number of piperidine rings is 1. The van der Waals surface area contributed by atoms with E-state index in [1.54, 1.807) is 7.05 Å². The molecule has 0 aromatic carbocycles. The highest BCUT2D eigenvalue weighted by atomic mass is 16.2. The first-order chi connectivity index (χ1) is 7.65. The molecule has 82 valence electrons. The molecule has 0 radical (unpaired) electrons. The van der Waals surface area contributed by atoms with Crippen LogP contribution in [0.25, 0.3) is 0 Å². The number of hydrogen-bond acceptors (Lipinski definition) is 4. The Morgan fingerprint density at radius 2 is 2.00 bits per heavy atom. The van der Waals surface area contributed by atoms with Crippen LogP contribution in [-0.2, 0) is 16.6 Å². The van der Waals surface area contributed by atoms with Crippen molar-refractivity contribution in [2.75, 3.05) is 4.90 Å². The Kier molecular flexibility index (Phi) is 2.44. The fourth-order valence-corrected chi connectivity index (χ4v) is 1.76. The molecule has 6 nitrogen and oxygen atoms in total. The minimum atomic E-state index is -0.267. The van der Waals surface area contributed by atoms with Gasteiger partial charge in [0.25, 0.3) is 0 Å². The molecule has 1 aromatic heterocycles. The SMILES string of the molecule is Cn1ncc(C#N)c1N1C(=O)CCCC1=O. The molecule has 16 heavy (non-hydrogen) atoms. The van der Waals surface area contributed by atoms with Crippen LogP contribution in [-0.4, -0.2) is 21.6 Å². The van der Waals surface area contributed by atoms with Gasteiger partial charge in [-0.25, -0.2) is 4.90 Å². The number of carbonyl (C=O) groups excluding carboxylic acids is 2. The highest BCUT2D eigenvalue weighted by Gasteiger charge is 2.31. The minimum Gasteiger partial charge on any atom is -0.274 e. The van der Waals surface area contributed by atoms with E-state index in [0.717, 1.165) is 4.90 Å². The van der Waals surface area contributed by atoms with E-state index in [4.69, 9.17) is 5.26 Å². The molecule has 2 rings (SSSR count). The van der Waals surface area contributed by atoms with Crippen molar-refractivity contribution in [3.8, 4) is 6.07 Å². The lowest BCUT2D eigenvalue weighted by Crippen LogP contribution is -2.41. The number of nitriles is 1. The van der Waals surface area contributed by atoms with E-state index < -0.39 is 0 Å². The van der Waals surface area contributed by atoms with Gasteiger partial charge in [-0.2, -0.15) is 10.4 Å². The van der Waals surface area contributed by atoms with Crippen LogP contribution in [0.2, 0.25) is 0 Å². The van der Waals surface area contributed by atoms with Crippen molar-refractivity contribution in [1.82, 2.24) is 9.78 Å².